The molecule has 0 aliphatic heterocycles. The number of benzene rings is 1. The molecule has 2 atom stereocenters. The second kappa shape index (κ2) is 7.16. The van der Waals surface area contributed by atoms with Crippen molar-refractivity contribution in [1.29, 1.82) is 0 Å². The number of hydrogen-bond acceptors (Lipinski definition) is 3. The highest BCUT2D eigenvalue weighted by molar-refractivity contribution is 5.67. The lowest BCUT2D eigenvalue weighted by Gasteiger charge is -2.23. The lowest BCUT2D eigenvalue weighted by atomic mass is 9.99. The third kappa shape index (κ3) is 4.57. The van der Waals surface area contributed by atoms with E-state index in [1.165, 1.54) is 6.07 Å². The van der Waals surface area contributed by atoms with Gasteiger partial charge < -0.3 is 15.5 Å². The molecule has 2 unspecified atom stereocenters. The number of aliphatic hydroxyl groups is 1. The third-order valence-corrected chi connectivity index (χ3v) is 2.72. The SMILES string of the molecule is CCCNC(CC(=O)O)C(O)c1ccc(F)c(F)c1. The predicted molar refractivity (Wildman–Crippen MR) is 65.7 cm³/mol. The monoisotopic (exact) mass is 273 g/mol. The Kier molecular flexibility index (Phi) is 5.85. The summed E-state index contributed by atoms with van der Waals surface area (Å²) >= 11 is 0. The van der Waals surface area contributed by atoms with Crippen molar-refractivity contribution in [1.82, 2.24) is 5.32 Å². The molecule has 0 bridgehead atoms. The summed E-state index contributed by atoms with van der Waals surface area (Å²) in [6.07, 6.45) is -0.751. The van der Waals surface area contributed by atoms with E-state index < -0.39 is 29.7 Å². The van der Waals surface area contributed by atoms with Crippen LogP contribution in [0.4, 0.5) is 8.78 Å². The van der Waals surface area contributed by atoms with E-state index in [4.69, 9.17) is 5.11 Å². The molecule has 0 radical (unpaired) electrons. The summed E-state index contributed by atoms with van der Waals surface area (Å²) in [5.74, 6) is -3.15. The van der Waals surface area contributed by atoms with Gasteiger partial charge in [-0.05, 0) is 30.7 Å². The minimum absolute atomic E-state index is 0.147. The molecule has 0 amide bonds. The van der Waals surface area contributed by atoms with Gasteiger partial charge in [-0.3, -0.25) is 4.79 Å². The van der Waals surface area contributed by atoms with Crippen molar-refractivity contribution in [3.05, 3.63) is 35.4 Å². The number of rotatable bonds is 7. The smallest absolute Gasteiger partial charge is 0.305 e. The predicted octanol–water partition coefficient (Wildman–Crippen LogP) is 1.84. The molecule has 0 saturated carbocycles. The quantitative estimate of drug-likeness (QED) is 0.709. The molecule has 3 N–H and O–H groups in total. The first-order valence-corrected chi connectivity index (χ1v) is 6.04. The van der Waals surface area contributed by atoms with Crippen LogP contribution in [0.15, 0.2) is 18.2 Å². The highest BCUT2D eigenvalue weighted by atomic mass is 19.2. The van der Waals surface area contributed by atoms with Crippen molar-refractivity contribution in [2.24, 2.45) is 0 Å². The zero-order valence-electron chi connectivity index (χ0n) is 10.6. The molecule has 0 spiro atoms. The Morgan fingerprint density at radius 1 is 1.37 bits per heavy atom. The van der Waals surface area contributed by atoms with Crippen LogP contribution < -0.4 is 5.32 Å². The van der Waals surface area contributed by atoms with Crippen molar-refractivity contribution in [2.45, 2.75) is 31.9 Å². The van der Waals surface area contributed by atoms with Crippen LogP contribution in [0.5, 0.6) is 0 Å². The van der Waals surface area contributed by atoms with E-state index in [0.717, 1.165) is 18.6 Å². The van der Waals surface area contributed by atoms with Crippen LogP contribution in [0.25, 0.3) is 0 Å². The summed E-state index contributed by atoms with van der Waals surface area (Å²) < 4.78 is 25.9. The topological polar surface area (TPSA) is 69.6 Å². The number of carboxylic acids is 1. The number of nitrogens with one attached hydrogen (secondary N) is 1. The maximum Gasteiger partial charge on any atom is 0.305 e. The van der Waals surface area contributed by atoms with E-state index in [1.54, 1.807) is 0 Å². The molecule has 0 fully saturated rings. The summed E-state index contributed by atoms with van der Waals surface area (Å²) in [4.78, 5) is 10.7. The Balaban J connectivity index is 2.86. The average molecular weight is 273 g/mol. The van der Waals surface area contributed by atoms with E-state index >= 15 is 0 Å². The van der Waals surface area contributed by atoms with Crippen molar-refractivity contribution in [2.75, 3.05) is 6.54 Å². The van der Waals surface area contributed by atoms with Gasteiger partial charge in [0.15, 0.2) is 11.6 Å². The molecule has 0 aliphatic rings. The molecular formula is C13H17F2NO3. The normalized spacial score (nSPS) is 14.1. The van der Waals surface area contributed by atoms with Crippen molar-refractivity contribution < 1.29 is 23.8 Å². The highest BCUT2D eigenvalue weighted by Crippen LogP contribution is 2.21. The van der Waals surface area contributed by atoms with Gasteiger partial charge in [0.05, 0.1) is 12.5 Å². The molecule has 4 nitrogen and oxygen atoms in total. The van der Waals surface area contributed by atoms with Crippen LogP contribution in [0.1, 0.15) is 31.4 Å². The number of hydrogen-bond donors (Lipinski definition) is 3. The van der Waals surface area contributed by atoms with E-state index in [9.17, 15) is 18.7 Å². The second-order valence-electron chi connectivity index (χ2n) is 4.28. The molecular weight excluding hydrogens is 256 g/mol. The van der Waals surface area contributed by atoms with Crippen LogP contribution in [-0.4, -0.2) is 28.8 Å². The Hall–Kier alpha value is -1.53. The number of carboxylic acid groups (broad SMARTS) is 1. The van der Waals surface area contributed by atoms with Gasteiger partial charge in [-0.25, -0.2) is 8.78 Å². The minimum Gasteiger partial charge on any atom is -0.481 e. The van der Waals surface area contributed by atoms with Crippen molar-refractivity contribution in [3.8, 4) is 0 Å². The highest BCUT2D eigenvalue weighted by Gasteiger charge is 2.23. The van der Waals surface area contributed by atoms with Gasteiger partial charge in [-0.15, -0.1) is 0 Å². The zero-order valence-corrected chi connectivity index (χ0v) is 10.6. The summed E-state index contributed by atoms with van der Waals surface area (Å²) in [7, 11) is 0. The first-order chi connectivity index (χ1) is 8.95. The summed E-state index contributed by atoms with van der Waals surface area (Å²) in [5, 5.41) is 21.7. The van der Waals surface area contributed by atoms with Gasteiger partial charge in [-0.1, -0.05) is 13.0 Å². The summed E-state index contributed by atoms with van der Waals surface area (Å²) in [6, 6.07) is 2.28. The number of halogens is 2. The second-order valence-corrected chi connectivity index (χ2v) is 4.28. The maximum absolute atomic E-state index is 13.1. The zero-order chi connectivity index (χ0) is 14.4. The molecule has 0 saturated heterocycles. The number of aliphatic hydroxyl groups excluding tert-OH is 1. The minimum atomic E-state index is -1.21. The molecule has 1 aromatic rings. The molecule has 106 valence electrons. The molecule has 1 aromatic carbocycles. The third-order valence-electron chi connectivity index (χ3n) is 2.72. The van der Waals surface area contributed by atoms with E-state index in [1.807, 2.05) is 6.92 Å². The standard InChI is InChI=1S/C13H17F2NO3/c1-2-5-16-11(7-12(17)18)13(19)8-3-4-9(14)10(15)6-8/h3-4,6,11,13,16,19H,2,5,7H2,1H3,(H,17,18). The van der Waals surface area contributed by atoms with Crippen LogP contribution in [0.2, 0.25) is 0 Å². The molecule has 6 heteroatoms. The van der Waals surface area contributed by atoms with Crippen molar-refractivity contribution in [3.63, 3.8) is 0 Å². The van der Waals surface area contributed by atoms with Crippen molar-refractivity contribution >= 4 is 5.97 Å². The van der Waals surface area contributed by atoms with Gasteiger partial charge in [0.1, 0.15) is 0 Å². The molecule has 19 heavy (non-hydrogen) atoms. The van der Waals surface area contributed by atoms with E-state index in [-0.39, 0.29) is 12.0 Å². The van der Waals surface area contributed by atoms with Gasteiger partial charge in [-0.2, -0.15) is 0 Å². The molecule has 0 aromatic heterocycles. The lowest BCUT2D eigenvalue weighted by molar-refractivity contribution is -0.138. The summed E-state index contributed by atoms with van der Waals surface area (Å²) in [6.45, 7) is 2.42. The first-order valence-electron chi connectivity index (χ1n) is 6.04. The Morgan fingerprint density at radius 3 is 2.58 bits per heavy atom. The Labute approximate surface area is 110 Å². The van der Waals surface area contributed by atoms with Gasteiger partial charge in [0.25, 0.3) is 0 Å². The molecule has 0 aliphatic carbocycles. The van der Waals surface area contributed by atoms with Gasteiger partial charge in [0, 0.05) is 6.04 Å². The van der Waals surface area contributed by atoms with Gasteiger partial charge in [0.2, 0.25) is 0 Å². The Morgan fingerprint density at radius 2 is 2.05 bits per heavy atom. The van der Waals surface area contributed by atoms with Crippen LogP contribution in [0, 0.1) is 11.6 Å². The largest absolute Gasteiger partial charge is 0.481 e. The summed E-state index contributed by atoms with van der Waals surface area (Å²) in [5.41, 5.74) is 0.147. The fourth-order valence-electron chi connectivity index (χ4n) is 1.74. The molecule has 0 heterocycles. The van der Waals surface area contributed by atoms with Crippen LogP contribution in [-0.2, 0) is 4.79 Å². The lowest BCUT2D eigenvalue weighted by Crippen LogP contribution is -2.37. The van der Waals surface area contributed by atoms with E-state index in [0.29, 0.717) is 6.54 Å². The van der Waals surface area contributed by atoms with Gasteiger partial charge >= 0.3 is 5.97 Å². The average Bonchev–Trinajstić information content (AvgIpc) is 2.36. The Bertz CT molecular complexity index is 440. The molecule has 1 rings (SSSR count). The maximum atomic E-state index is 13.1. The first kappa shape index (κ1) is 15.5. The van der Waals surface area contributed by atoms with Crippen LogP contribution in [0.3, 0.4) is 0 Å². The number of carbonyl (C=O) groups is 1. The fourth-order valence-corrected chi connectivity index (χ4v) is 1.74. The number of aliphatic carboxylic acids is 1. The van der Waals surface area contributed by atoms with Crippen LogP contribution >= 0.6 is 0 Å². The fraction of sp³-hybridized carbons (Fsp3) is 0.462. The van der Waals surface area contributed by atoms with E-state index in [2.05, 4.69) is 5.32 Å².